The summed E-state index contributed by atoms with van der Waals surface area (Å²) in [6, 6.07) is 2.75. The van der Waals surface area contributed by atoms with Crippen molar-refractivity contribution in [2.24, 2.45) is 0 Å². The van der Waals surface area contributed by atoms with Crippen molar-refractivity contribution in [3.05, 3.63) is 0 Å². The van der Waals surface area contributed by atoms with Crippen molar-refractivity contribution in [1.29, 1.82) is 5.26 Å². The highest BCUT2D eigenvalue weighted by Crippen LogP contribution is 2.10. The molecule has 1 rings (SSSR count). The Morgan fingerprint density at radius 1 is 1.71 bits per heavy atom. The summed E-state index contributed by atoms with van der Waals surface area (Å²) in [6.45, 7) is 2.67. The fraction of sp³-hybridized carbons (Fsp3) is 0.900. The van der Waals surface area contributed by atoms with Crippen LogP contribution in [0, 0.1) is 11.3 Å². The Morgan fingerprint density at radius 3 is 3.00 bits per heavy atom. The van der Waals surface area contributed by atoms with Gasteiger partial charge in [-0.25, -0.2) is 0 Å². The van der Waals surface area contributed by atoms with E-state index >= 15 is 0 Å². The van der Waals surface area contributed by atoms with E-state index in [1.807, 2.05) is 7.05 Å². The van der Waals surface area contributed by atoms with Gasteiger partial charge in [0.15, 0.2) is 0 Å². The Balaban J connectivity index is 2.20. The maximum absolute atomic E-state index is 8.75. The van der Waals surface area contributed by atoms with Gasteiger partial charge in [-0.2, -0.15) is 5.26 Å². The number of ether oxygens (including phenoxy) is 1. The lowest BCUT2D eigenvalue weighted by molar-refractivity contribution is 0.158. The highest BCUT2D eigenvalue weighted by atomic mass is 16.5. The minimum atomic E-state index is -0.0280. The molecule has 2 atom stereocenters. The van der Waals surface area contributed by atoms with Crippen LogP contribution in [0.15, 0.2) is 0 Å². The molecule has 1 aliphatic rings. The van der Waals surface area contributed by atoms with Crippen molar-refractivity contribution < 1.29 is 4.74 Å². The molecule has 0 aromatic carbocycles. The predicted molar refractivity (Wildman–Crippen MR) is 54.9 cm³/mol. The fourth-order valence-electron chi connectivity index (χ4n) is 1.66. The summed E-state index contributed by atoms with van der Waals surface area (Å²) in [5.41, 5.74) is 0. The van der Waals surface area contributed by atoms with E-state index in [9.17, 15) is 0 Å². The Kier molecular flexibility index (Phi) is 4.88. The van der Waals surface area contributed by atoms with Crippen LogP contribution in [0.2, 0.25) is 0 Å². The Bertz CT molecular complexity index is 196. The lowest BCUT2D eigenvalue weighted by atomic mass is 10.2. The molecule has 0 amide bonds. The monoisotopic (exact) mass is 197 g/mol. The minimum Gasteiger partial charge on any atom is -0.380 e. The van der Waals surface area contributed by atoms with E-state index in [4.69, 9.17) is 10.00 Å². The van der Waals surface area contributed by atoms with Crippen LogP contribution in [0.3, 0.4) is 0 Å². The first-order valence-electron chi connectivity index (χ1n) is 5.12. The zero-order valence-corrected chi connectivity index (χ0v) is 8.99. The standard InChI is InChI=1S/C10H19N3O/c1-12-9(7-11)3-5-13(2)10-4-6-14-8-10/h9-10,12H,3-6,8H2,1-2H3. The maximum Gasteiger partial charge on any atom is 0.0962 e. The van der Waals surface area contributed by atoms with Gasteiger partial charge in [0.1, 0.15) is 0 Å². The van der Waals surface area contributed by atoms with Crippen LogP contribution in [-0.2, 0) is 4.74 Å². The van der Waals surface area contributed by atoms with E-state index in [-0.39, 0.29) is 6.04 Å². The molecule has 4 heteroatoms. The van der Waals surface area contributed by atoms with Crippen LogP contribution in [0.4, 0.5) is 0 Å². The van der Waals surface area contributed by atoms with Crippen LogP contribution in [0.5, 0.6) is 0 Å². The average molecular weight is 197 g/mol. The Labute approximate surface area is 85.8 Å². The molecule has 4 nitrogen and oxygen atoms in total. The first-order valence-corrected chi connectivity index (χ1v) is 5.12. The summed E-state index contributed by atoms with van der Waals surface area (Å²) in [5, 5.41) is 11.7. The predicted octanol–water partition coefficient (Wildman–Crippen LogP) is 0.209. The topological polar surface area (TPSA) is 48.3 Å². The highest BCUT2D eigenvalue weighted by Gasteiger charge is 2.20. The van der Waals surface area contributed by atoms with Gasteiger partial charge in [-0.3, -0.25) is 0 Å². The maximum atomic E-state index is 8.75. The van der Waals surface area contributed by atoms with E-state index in [1.54, 1.807) is 0 Å². The SMILES string of the molecule is CNC(C#N)CCN(C)C1CCOC1. The van der Waals surface area contributed by atoms with Crippen molar-refractivity contribution in [3.8, 4) is 6.07 Å². The quantitative estimate of drug-likeness (QED) is 0.684. The molecule has 0 aliphatic carbocycles. The third kappa shape index (κ3) is 3.26. The van der Waals surface area contributed by atoms with Gasteiger partial charge in [0, 0.05) is 19.2 Å². The third-order valence-corrected chi connectivity index (χ3v) is 2.80. The first-order chi connectivity index (χ1) is 6.77. The lowest BCUT2D eigenvalue weighted by Gasteiger charge is -2.23. The van der Waals surface area contributed by atoms with E-state index in [0.29, 0.717) is 6.04 Å². The van der Waals surface area contributed by atoms with Crippen molar-refractivity contribution in [1.82, 2.24) is 10.2 Å². The summed E-state index contributed by atoms with van der Waals surface area (Å²) in [4.78, 5) is 2.29. The van der Waals surface area contributed by atoms with Crippen molar-refractivity contribution >= 4 is 0 Å². The molecule has 80 valence electrons. The summed E-state index contributed by atoms with van der Waals surface area (Å²) >= 11 is 0. The number of hydrogen-bond donors (Lipinski definition) is 1. The molecule has 0 spiro atoms. The van der Waals surface area contributed by atoms with E-state index in [0.717, 1.165) is 32.6 Å². The number of nitriles is 1. The fourth-order valence-corrected chi connectivity index (χ4v) is 1.66. The summed E-state index contributed by atoms with van der Waals surface area (Å²) < 4.78 is 5.32. The molecule has 0 aromatic heterocycles. The molecule has 0 radical (unpaired) electrons. The molecule has 1 heterocycles. The number of rotatable bonds is 5. The summed E-state index contributed by atoms with van der Waals surface area (Å²) in [7, 11) is 3.93. The van der Waals surface area contributed by atoms with Gasteiger partial charge in [0.2, 0.25) is 0 Å². The molecule has 1 fully saturated rings. The summed E-state index contributed by atoms with van der Waals surface area (Å²) in [6.07, 6.45) is 1.99. The molecule has 0 saturated carbocycles. The van der Waals surface area contributed by atoms with Crippen LogP contribution in [0.1, 0.15) is 12.8 Å². The van der Waals surface area contributed by atoms with Crippen molar-refractivity contribution in [2.45, 2.75) is 24.9 Å². The zero-order chi connectivity index (χ0) is 10.4. The van der Waals surface area contributed by atoms with Gasteiger partial charge in [-0.15, -0.1) is 0 Å². The summed E-state index contributed by atoms with van der Waals surface area (Å²) in [5.74, 6) is 0. The van der Waals surface area contributed by atoms with Gasteiger partial charge in [-0.05, 0) is 26.9 Å². The molecule has 1 N–H and O–H groups in total. The second kappa shape index (κ2) is 5.97. The van der Waals surface area contributed by atoms with E-state index in [1.165, 1.54) is 0 Å². The average Bonchev–Trinajstić information content (AvgIpc) is 2.72. The van der Waals surface area contributed by atoms with Gasteiger partial charge in [0.25, 0.3) is 0 Å². The third-order valence-electron chi connectivity index (χ3n) is 2.80. The van der Waals surface area contributed by atoms with Crippen LogP contribution in [0.25, 0.3) is 0 Å². The second-order valence-electron chi connectivity index (χ2n) is 3.76. The Morgan fingerprint density at radius 2 is 2.50 bits per heavy atom. The van der Waals surface area contributed by atoms with Crippen molar-refractivity contribution in [2.75, 3.05) is 33.9 Å². The number of nitrogens with zero attached hydrogens (tertiary/aromatic N) is 2. The smallest absolute Gasteiger partial charge is 0.0962 e. The van der Waals surface area contributed by atoms with Crippen molar-refractivity contribution in [3.63, 3.8) is 0 Å². The minimum absolute atomic E-state index is 0.0280. The van der Waals surface area contributed by atoms with E-state index in [2.05, 4.69) is 23.3 Å². The van der Waals surface area contributed by atoms with Crippen LogP contribution < -0.4 is 5.32 Å². The molecule has 1 aliphatic heterocycles. The van der Waals surface area contributed by atoms with Crippen LogP contribution in [-0.4, -0.2) is 50.8 Å². The normalized spacial score (nSPS) is 23.7. The van der Waals surface area contributed by atoms with Gasteiger partial charge < -0.3 is 15.0 Å². The molecular formula is C10H19N3O. The number of likely N-dealkylation sites (N-methyl/N-ethyl adjacent to an activating group) is 1. The molecule has 14 heavy (non-hydrogen) atoms. The van der Waals surface area contributed by atoms with Gasteiger partial charge in [-0.1, -0.05) is 0 Å². The number of nitrogens with one attached hydrogen (secondary N) is 1. The lowest BCUT2D eigenvalue weighted by Crippen LogP contribution is -2.36. The number of hydrogen-bond acceptors (Lipinski definition) is 4. The van der Waals surface area contributed by atoms with Gasteiger partial charge >= 0.3 is 0 Å². The van der Waals surface area contributed by atoms with Gasteiger partial charge in [0.05, 0.1) is 18.7 Å². The van der Waals surface area contributed by atoms with Crippen LogP contribution >= 0.6 is 0 Å². The molecule has 0 bridgehead atoms. The molecule has 1 saturated heterocycles. The highest BCUT2D eigenvalue weighted by molar-refractivity contribution is 4.89. The zero-order valence-electron chi connectivity index (χ0n) is 8.99. The first kappa shape index (κ1) is 11.4. The largest absolute Gasteiger partial charge is 0.380 e. The second-order valence-corrected chi connectivity index (χ2v) is 3.76. The molecular weight excluding hydrogens is 178 g/mol. The van der Waals surface area contributed by atoms with E-state index < -0.39 is 0 Å². The molecule has 2 unspecified atom stereocenters. The Hall–Kier alpha value is -0.630. The molecule has 0 aromatic rings.